The second kappa shape index (κ2) is 3.74. The van der Waals surface area contributed by atoms with Crippen molar-refractivity contribution in [3.05, 3.63) is 36.0 Å². The van der Waals surface area contributed by atoms with Gasteiger partial charge in [-0.2, -0.15) is 0 Å². The maximum atomic E-state index is 10.7. The third-order valence-electron chi connectivity index (χ3n) is 2.34. The molecule has 15 heavy (non-hydrogen) atoms. The molecule has 2 aromatic rings. The van der Waals surface area contributed by atoms with Crippen molar-refractivity contribution in [3.63, 3.8) is 0 Å². The van der Waals surface area contributed by atoms with E-state index in [4.69, 9.17) is 12.2 Å². The van der Waals surface area contributed by atoms with Crippen LogP contribution < -0.4 is 5.73 Å². The molecular formula is C11H12N2O2. The van der Waals surface area contributed by atoms with Gasteiger partial charge in [-0.3, -0.25) is 4.79 Å². The van der Waals surface area contributed by atoms with E-state index in [9.17, 15) is 4.79 Å². The molecular weight excluding hydrogens is 192 g/mol. The third-order valence-corrected chi connectivity index (χ3v) is 2.34. The number of hydrogen-bond acceptors (Lipinski definition) is 2. The van der Waals surface area contributed by atoms with Gasteiger partial charge in [-0.1, -0.05) is 18.2 Å². The van der Waals surface area contributed by atoms with E-state index < -0.39 is 12.0 Å². The van der Waals surface area contributed by atoms with Crippen molar-refractivity contribution in [2.24, 2.45) is 5.73 Å². The fourth-order valence-corrected chi connectivity index (χ4v) is 1.55. The number of nitrogens with one attached hydrogen (secondary N) is 1. The highest BCUT2D eigenvalue weighted by Crippen LogP contribution is 2.18. The van der Waals surface area contributed by atoms with Crippen LogP contribution in [0.5, 0.6) is 0 Å². The van der Waals surface area contributed by atoms with Crippen LogP contribution in [-0.2, 0) is 11.2 Å². The molecule has 0 saturated carbocycles. The van der Waals surface area contributed by atoms with Crippen LogP contribution in [0.15, 0.2) is 30.4 Å². The van der Waals surface area contributed by atoms with E-state index in [1.54, 1.807) is 18.3 Å². The van der Waals surface area contributed by atoms with E-state index in [2.05, 4.69) is 4.98 Å². The van der Waals surface area contributed by atoms with Crippen molar-refractivity contribution in [2.75, 3.05) is 0 Å². The summed E-state index contributed by atoms with van der Waals surface area (Å²) in [6.07, 6.45) is 1.94. The number of carboxylic acids is 1. The fourth-order valence-electron chi connectivity index (χ4n) is 1.55. The first-order chi connectivity index (χ1) is 7.59. The quantitative estimate of drug-likeness (QED) is 0.702. The molecule has 4 nitrogen and oxygen atoms in total. The minimum absolute atomic E-state index is 0.227. The first-order valence-electron chi connectivity index (χ1n) is 5.13. The van der Waals surface area contributed by atoms with Crippen LogP contribution in [0.2, 0.25) is 0 Å². The van der Waals surface area contributed by atoms with Crippen LogP contribution >= 0.6 is 0 Å². The Morgan fingerprint density at radius 2 is 2.47 bits per heavy atom. The van der Waals surface area contributed by atoms with Crippen molar-refractivity contribution in [3.8, 4) is 0 Å². The van der Waals surface area contributed by atoms with Crippen molar-refractivity contribution in [1.82, 2.24) is 4.98 Å². The van der Waals surface area contributed by atoms with Crippen LogP contribution in [0.1, 0.15) is 6.93 Å². The first-order valence-corrected chi connectivity index (χ1v) is 4.63. The van der Waals surface area contributed by atoms with Crippen LogP contribution in [0.25, 0.3) is 10.9 Å². The lowest BCUT2D eigenvalue weighted by molar-refractivity contribution is -0.138. The molecule has 0 amide bonds. The molecule has 4 N–H and O–H groups in total. The summed E-state index contributed by atoms with van der Waals surface area (Å²) in [6, 6.07) is 4.75. The predicted molar refractivity (Wildman–Crippen MR) is 57.6 cm³/mol. The Labute approximate surface area is 88.1 Å². The van der Waals surface area contributed by atoms with Crippen LogP contribution in [0, 0.1) is 0 Å². The Bertz CT molecular complexity index is 536. The molecule has 0 bridgehead atoms. The fraction of sp³-hybridized carbons (Fsp3) is 0.182. The standard InChI is InChI=1S/C11H12N2O2/c12-9(11(14)15)5-7-6-13-10-4-2-1-3-8(7)10/h1-4,6,9,13H,5,12H2,(H,14,15)/t9-/m0/s1/i3D. The molecule has 0 unspecified atom stereocenters. The molecule has 0 aliphatic heterocycles. The summed E-state index contributed by atoms with van der Waals surface area (Å²) < 4.78 is 7.76. The Balaban J connectivity index is 2.42. The summed E-state index contributed by atoms with van der Waals surface area (Å²) in [5, 5.41) is 9.49. The summed E-state index contributed by atoms with van der Waals surface area (Å²) in [6.45, 7) is 0. The van der Waals surface area contributed by atoms with Gasteiger partial charge in [0.25, 0.3) is 0 Å². The van der Waals surface area contributed by atoms with Gasteiger partial charge in [0.15, 0.2) is 0 Å². The summed E-state index contributed by atoms with van der Waals surface area (Å²) in [5.41, 5.74) is 7.08. The maximum absolute atomic E-state index is 10.7. The van der Waals surface area contributed by atoms with E-state index >= 15 is 0 Å². The van der Waals surface area contributed by atoms with Crippen molar-refractivity contribution < 1.29 is 11.3 Å². The van der Waals surface area contributed by atoms with Gasteiger partial charge in [0, 0.05) is 23.5 Å². The van der Waals surface area contributed by atoms with Gasteiger partial charge in [-0.05, 0) is 11.6 Å². The molecule has 0 radical (unpaired) electrons. The van der Waals surface area contributed by atoms with E-state index in [-0.39, 0.29) is 6.42 Å². The lowest BCUT2D eigenvalue weighted by Crippen LogP contribution is -2.32. The zero-order chi connectivity index (χ0) is 11.7. The summed E-state index contributed by atoms with van der Waals surface area (Å²) in [5.74, 6) is -1.03. The van der Waals surface area contributed by atoms with Crippen molar-refractivity contribution in [1.29, 1.82) is 0 Å². The molecule has 0 spiro atoms. The van der Waals surface area contributed by atoms with Crippen LogP contribution in [-0.4, -0.2) is 22.1 Å². The number of para-hydroxylation sites is 1. The molecule has 78 valence electrons. The number of nitrogens with two attached hydrogens (primary N) is 1. The number of H-pyrrole nitrogens is 1. The van der Waals surface area contributed by atoms with Gasteiger partial charge < -0.3 is 15.8 Å². The van der Waals surface area contributed by atoms with Gasteiger partial charge in [0.1, 0.15) is 6.04 Å². The number of carbonyl (C=O) groups is 1. The minimum atomic E-state index is -1.03. The molecule has 1 atom stereocenters. The molecule has 0 aliphatic carbocycles. The molecule has 4 heteroatoms. The second-order valence-electron chi connectivity index (χ2n) is 3.42. The minimum Gasteiger partial charge on any atom is -0.480 e. The van der Waals surface area contributed by atoms with Crippen LogP contribution in [0.3, 0.4) is 0 Å². The number of fused-ring (bicyclic) bond motifs is 1. The number of aromatic amines is 1. The van der Waals surface area contributed by atoms with E-state index in [1.165, 1.54) is 0 Å². The number of carboxylic acid groups (broad SMARTS) is 1. The number of hydrogen-bond donors (Lipinski definition) is 3. The Kier molecular flexibility index (Phi) is 2.12. The summed E-state index contributed by atoms with van der Waals surface area (Å²) in [7, 11) is 0. The Morgan fingerprint density at radius 1 is 1.67 bits per heavy atom. The van der Waals surface area contributed by atoms with Crippen molar-refractivity contribution in [2.45, 2.75) is 12.5 Å². The number of benzene rings is 1. The highest BCUT2D eigenvalue weighted by Gasteiger charge is 2.14. The van der Waals surface area contributed by atoms with E-state index in [1.807, 2.05) is 6.07 Å². The highest BCUT2D eigenvalue weighted by atomic mass is 16.4. The molecule has 1 heterocycles. The Hall–Kier alpha value is -1.81. The highest BCUT2D eigenvalue weighted by molar-refractivity contribution is 5.84. The number of aromatic nitrogens is 1. The topological polar surface area (TPSA) is 79.1 Å². The molecule has 0 fully saturated rings. The number of aliphatic carboxylic acids is 1. The molecule has 0 saturated heterocycles. The maximum Gasteiger partial charge on any atom is 0.320 e. The summed E-state index contributed by atoms with van der Waals surface area (Å²) in [4.78, 5) is 13.7. The monoisotopic (exact) mass is 205 g/mol. The van der Waals surface area contributed by atoms with E-state index in [0.717, 1.165) is 16.5 Å². The number of rotatable bonds is 3. The molecule has 2 rings (SSSR count). The summed E-state index contributed by atoms with van der Waals surface area (Å²) >= 11 is 0. The zero-order valence-electron chi connectivity index (χ0n) is 9.03. The lowest BCUT2D eigenvalue weighted by Gasteiger charge is -2.04. The van der Waals surface area contributed by atoms with Crippen LogP contribution in [0.4, 0.5) is 0 Å². The zero-order valence-corrected chi connectivity index (χ0v) is 8.03. The van der Waals surface area contributed by atoms with E-state index in [0.29, 0.717) is 6.04 Å². The molecule has 1 aromatic heterocycles. The van der Waals surface area contributed by atoms with Crippen molar-refractivity contribution >= 4 is 16.9 Å². The average molecular weight is 205 g/mol. The lowest BCUT2D eigenvalue weighted by atomic mass is 10.1. The molecule has 0 aliphatic rings. The largest absolute Gasteiger partial charge is 0.480 e. The third kappa shape index (κ3) is 1.85. The normalized spacial score (nSPS) is 13.8. The van der Waals surface area contributed by atoms with Gasteiger partial charge >= 0.3 is 5.97 Å². The molecule has 1 aromatic carbocycles. The average Bonchev–Trinajstić information content (AvgIpc) is 2.63. The SMILES string of the molecule is [2H]c1cccc2[nH]cc(C[C@H](N)C(=O)O)c12. The second-order valence-corrected chi connectivity index (χ2v) is 3.42. The predicted octanol–water partition coefficient (Wildman–Crippen LogP) is 1.12. The van der Waals surface area contributed by atoms with Gasteiger partial charge in [0.05, 0.1) is 1.37 Å². The van der Waals surface area contributed by atoms with Gasteiger partial charge in [-0.15, -0.1) is 0 Å². The van der Waals surface area contributed by atoms with Gasteiger partial charge in [0.2, 0.25) is 0 Å². The smallest absolute Gasteiger partial charge is 0.320 e. The van der Waals surface area contributed by atoms with Gasteiger partial charge in [-0.25, -0.2) is 0 Å². The Morgan fingerprint density at radius 3 is 3.20 bits per heavy atom. The first kappa shape index (κ1) is 8.49.